The number of nitrogens with two attached hydrogens (primary N) is 1. The van der Waals surface area contributed by atoms with Gasteiger partial charge in [0, 0.05) is 11.6 Å². The van der Waals surface area contributed by atoms with Crippen LogP contribution in [0.15, 0.2) is 24.3 Å². The van der Waals surface area contributed by atoms with Crippen LogP contribution >= 0.6 is 11.6 Å². The third-order valence-corrected chi connectivity index (χ3v) is 3.79. The zero-order valence-electron chi connectivity index (χ0n) is 10.8. The highest BCUT2D eigenvalue weighted by molar-refractivity contribution is 6.30. The smallest absolute Gasteiger partial charge is 0.307 e. The molecule has 0 aromatic heterocycles. The van der Waals surface area contributed by atoms with E-state index in [0.29, 0.717) is 11.4 Å². The second-order valence-electron chi connectivity index (χ2n) is 4.82. The summed E-state index contributed by atoms with van der Waals surface area (Å²) in [5.74, 6) is -0.728. The second kappa shape index (κ2) is 6.76. The first kappa shape index (κ1) is 15.0. The number of carboxylic acids is 1. The number of halogens is 1. The molecule has 0 radical (unpaired) electrons. The molecule has 0 aliphatic heterocycles. The number of hydrogen-bond acceptors (Lipinski definition) is 2. The molecular formula is C14H20ClNO2. The van der Waals surface area contributed by atoms with E-state index in [9.17, 15) is 4.79 Å². The van der Waals surface area contributed by atoms with Crippen molar-refractivity contribution in [2.24, 2.45) is 17.6 Å². The molecule has 0 aliphatic rings. The molecule has 0 spiro atoms. The van der Waals surface area contributed by atoms with Gasteiger partial charge in [0.25, 0.3) is 0 Å². The topological polar surface area (TPSA) is 63.3 Å². The molecular weight excluding hydrogens is 250 g/mol. The summed E-state index contributed by atoms with van der Waals surface area (Å²) in [4.78, 5) is 11.0. The third-order valence-electron chi connectivity index (χ3n) is 3.54. The van der Waals surface area contributed by atoms with E-state index in [-0.39, 0.29) is 18.4 Å². The predicted molar refractivity (Wildman–Crippen MR) is 73.8 cm³/mol. The molecule has 0 heterocycles. The van der Waals surface area contributed by atoms with Crippen LogP contribution in [0.3, 0.4) is 0 Å². The van der Waals surface area contributed by atoms with E-state index >= 15 is 0 Å². The Kier molecular flexibility index (Phi) is 5.63. The highest BCUT2D eigenvalue weighted by atomic mass is 35.5. The summed E-state index contributed by atoms with van der Waals surface area (Å²) < 4.78 is 0. The van der Waals surface area contributed by atoms with Gasteiger partial charge in [-0.15, -0.1) is 0 Å². The van der Waals surface area contributed by atoms with Crippen molar-refractivity contribution in [3.63, 3.8) is 0 Å². The van der Waals surface area contributed by atoms with Gasteiger partial charge in [-0.2, -0.15) is 0 Å². The Balaban J connectivity index is 2.68. The Morgan fingerprint density at radius 1 is 1.33 bits per heavy atom. The number of rotatable bonds is 6. The molecule has 3 nitrogen and oxygen atoms in total. The first-order chi connectivity index (χ1) is 8.45. The molecule has 1 rings (SSSR count). The third kappa shape index (κ3) is 4.00. The van der Waals surface area contributed by atoms with E-state index in [4.69, 9.17) is 22.4 Å². The van der Waals surface area contributed by atoms with Crippen LogP contribution in [0.2, 0.25) is 5.02 Å². The van der Waals surface area contributed by atoms with Crippen molar-refractivity contribution < 1.29 is 9.90 Å². The van der Waals surface area contributed by atoms with Gasteiger partial charge >= 0.3 is 5.97 Å². The summed E-state index contributed by atoms with van der Waals surface area (Å²) in [6, 6.07) is 7.69. The van der Waals surface area contributed by atoms with Crippen molar-refractivity contribution >= 4 is 17.6 Å². The molecule has 1 aromatic rings. The molecule has 100 valence electrons. The Labute approximate surface area is 113 Å². The number of benzene rings is 1. The molecule has 0 aliphatic carbocycles. The van der Waals surface area contributed by atoms with Crippen LogP contribution in [-0.2, 0) is 4.79 Å². The minimum atomic E-state index is -0.812. The van der Waals surface area contributed by atoms with E-state index in [1.165, 1.54) is 5.56 Å². The maximum absolute atomic E-state index is 11.0. The summed E-state index contributed by atoms with van der Waals surface area (Å²) in [6.07, 6.45) is 0.593. The van der Waals surface area contributed by atoms with E-state index in [1.54, 1.807) is 0 Å². The summed E-state index contributed by atoms with van der Waals surface area (Å²) in [6.45, 7) is 4.35. The maximum atomic E-state index is 11.0. The lowest BCUT2D eigenvalue weighted by Gasteiger charge is -2.23. The largest absolute Gasteiger partial charge is 0.481 e. The molecule has 0 saturated heterocycles. The van der Waals surface area contributed by atoms with Crippen molar-refractivity contribution in [2.45, 2.75) is 26.2 Å². The van der Waals surface area contributed by atoms with Gasteiger partial charge in [0.15, 0.2) is 0 Å². The molecule has 3 N–H and O–H groups in total. The van der Waals surface area contributed by atoms with Crippen LogP contribution in [0, 0.1) is 11.8 Å². The standard InChI is InChI=1S/C14H20ClNO2/c1-9(7-12(8-16)14(17)18)10(2)11-3-5-13(15)6-4-11/h3-6,9-10,12H,7-8,16H2,1-2H3,(H,17,18). The highest BCUT2D eigenvalue weighted by Crippen LogP contribution is 2.29. The lowest BCUT2D eigenvalue weighted by atomic mass is 9.83. The fraction of sp³-hybridized carbons (Fsp3) is 0.500. The van der Waals surface area contributed by atoms with Crippen molar-refractivity contribution in [3.8, 4) is 0 Å². The summed E-state index contributed by atoms with van der Waals surface area (Å²) in [5, 5.41) is 9.73. The Bertz CT molecular complexity index is 391. The van der Waals surface area contributed by atoms with Gasteiger partial charge in [-0.1, -0.05) is 37.6 Å². The first-order valence-electron chi connectivity index (χ1n) is 6.14. The Morgan fingerprint density at radius 2 is 1.89 bits per heavy atom. The number of hydrogen-bond donors (Lipinski definition) is 2. The van der Waals surface area contributed by atoms with Gasteiger partial charge in [-0.25, -0.2) is 0 Å². The molecule has 0 amide bonds. The van der Waals surface area contributed by atoms with E-state index in [0.717, 1.165) is 0 Å². The van der Waals surface area contributed by atoms with Gasteiger partial charge in [0.2, 0.25) is 0 Å². The highest BCUT2D eigenvalue weighted by Gasteiger charge is 2.22. The molecule has 4 heteroatoms. The molecule has 1 aromatic carbocycles. The Hall–Kier alpha value is -1.06. The first-order valence-corrected chi connectivity index (χ1v) is 6.51. The second-order valence-corrected chi connectivity index (χ2v) is 5.26. The summed E-state index contributed by atoms with van der Waals surface area (Å²) >= 11 is 5.85. The van der Waals surface area contributed by atoms with Gasteiger partial charge < -0.3 is 10.8 Å². The summed E-state index contributed by atoms with van der Waals surface area (Å²) in [5.41, 5.74) is 6.66. The van der Waals surface area contributed by atoms with E-state index < -0.39 is 11.9 Å². The zero-order valence-corrected chi connectivity index (χ0v) is 11.5. The van der Waals surface area contributed by atoms with Crippen molar-refractivity contribution in [1.29, 1.82) is 0 Å². The summed E-state index contributed by atoms with van der Waals surface area (Å²) in [7, 11) is 0. The molecule has 3 unspecified atom stereocenters. The minimum Gasteiger partial charge on any atom is -0.481 e. The molecule has 3 atom stereocenters. The van der Waals surface area contributed by atoms with E-state index in [2.05, 4.69) is 13.8 Å². The fourth-order valence-electron chi connectivity index (χ4n) is 2.05. The van der Waals surface area contributed by atoms with E-state index in [1.807, 2.05) is 24.3 Å². The predicted octanol–water partition coefficient (Wildman–Crippen LogP) is 3.13. The van der Waals surface area contributed by atoms with Gasteiger partial charge in [-0.3, -0.25) is 4.79 Å². The van der Waals surface area contributed by atoms with Gasteiger partial charge in [0.1, 0.15) is 0 Å². The fourth-order valence-corrected chi connectivity index (χ4v) is 2.17. The molecule has 18 heavy (non-hydrogen) atoms. The van der Waals surface area contributed by atoms with Crippen LogP contribution in [0.25, 0.3) is 0 Å². The zero-order chi connectivity index (χ0) is 13.7. The monoisotopic (exact) mass is 269 g/mol. The number of carbonyl (C=O) groups is 1. The van der Waals surface area contributed by atoms with Crippen LogP contribution in [0.4, 0.5) is 0 Å². The van der Waals surface area contributed by atoms with Crippen LogP contribution in [-0.4, -0.2) is 17.6 Å². The van der Waals surface area contributed by atoms with Crippen molar-refractivity contribution in [3.05, 3.63) is 34.9 Å². The van der Waals surface area contributed by atoms with Crippen molar-refractivity contribution in [1.82, 2.24) is 0 Å². The van der Waals surface area contributed by atoms with Gasteiger partial charge in [-0.05, 0) is 36.0 Å². The lowest BCUT2D eigenvalue weighted by molar-refractivity contribution is -0.142. The average molecular weight is 270 g/mol. The average Bonchev–Trinajstić information content (AvgIpc) is 2.35. The number of aliphatic carboxylic acids is 1. The molecule has 0 fully saturated rings. The van der Waals surface area contributed by atoms with Crippen molar-refractivity contribution in [2.75, 3.05) is 6.54 Å². The lowest BCUT2D eigenvalue weighted by Crippen LogP contribution is -2.26. The molecule has 0 bridgehead atoms. The number of carboxylic acid groups (broad SMARTS) is 1. The molecule has 0 saturated carbocycles. The normalized spacial score (nSPS) is 16.0. The van der Waals surface area contributed by atoms with Gasteiger partial charge in [0.05, 0.1) is 5.92 Å². The maximum Gasteiger partial charge on any atom is 0.307 e. The Morgan fingerprint density at radius 3 is 2.33 bits per heavy atom. The minimum absolute atomic E-state index is 0.188. The van der Waals surface area contributed by atoms with Crippen LogP contribution < -0.4 is 5.73 Å². The van der Waals surface area contributed by atoms with Crippen LogP contribution in [0.1, 0.15) is 31.7 Å². The quantitative estimate of drug-likeness (QED) is 0.834. The van der Waals surface area contributed by atoms with Crippen LogP contribution in [0.5, 0.6) is 0 Å². The SMILES string of the molecule is CC(CC(CN)C(=O)O)C(C)c1ccc(Cl)cc1.